The third-order valence-electron chi connectivity index (χ3n) is 4.02. The van der Waals surface area contributed by atoms with Gasteiger partial charge < -0.3 is 0 Å². The maximum Gasteiger partial charge on any atom is 0.178 e. The Morgan fingerprint density at radius 3 is 2.95 bits per heavy atom. The molecule has 0 fully saturated rings. The average Bonchev–Trinajstić information content (AvgIpc) is 3.08. The molecule has 0 atom stereocenters. The molecule has 0 radical (unpaired) electrons. The second kappa shape index (κ2) is 5.08. The number of pyridine rings is 1. The Labute approximate surface area is 127 Å². The molecule has 0 saturated carbocycles. The Hall–Kier alpha value is -2.00. The van der Waals surface area contributed by atoms with Crippen molar-refractivity contribution in [2.75, 3.05) is 0 Å². The number of hydrogen-bond acceptors (Lipinski definition) is 3. The summed E-state index contributed by atoms with van der Waals surface area (Å²) in [4.78, 5) is 19.3. The van der Waals surface area contributed by atoms with Crippen molar-refractivity contribution in [1.29, 1.82) is 0 Å². The van der Waals surface area contributed by atoms with Gasteiger partial charge in [-0.2, -0.15) is 0 Å². The van der Waals surface area contributed by atoms with E-state index in [2.05, 4.69) is 11.1 Å². The Morgan fingerprint density at radius 2 is 2.05 bits per heavy atom. The molecule has 2 nitrogen and oxygen atoms in total. The van der Waals surface area contributed by atoms with Gasteiger partial charge in [-0.25, -0.2) is 0 Å². The highest BCUT2D eigenvalue weighted by atomic mass is 32.1. The Kier molecular flexibility index (Phi) is 3.08. The first-order valence-corrected chi connectivity index (χ1v) is 8.11. The van der Waals surface area contributed by atoms with Crippen LogP contribution in [0.2, 0.25) is 0 Å². The maximum atomic E-state index is 12.4. The molecule has 0 spiro atoms. The van der Waals surface area contributed by atoms with Gasteiger partial charge in [-0.3, -0.25) is 9.78 Å². The van der Waals surface area contributed by atoms with Gasteiger partial charge in [0, 0.05) is 16.0 Å². The maximum absolute atomic E-state index is 12.4. The number of aromatic nitrogens is 1. The number of aryl methyl sites for hydroxylation is 2. The molecule has 1 aliphatic rings. The predicted molar refractivity (Wildman–Crippen MR) is 86.1 cm³/mol. The number of carbonyl (C=O) groups is 1. The van der Waals surface area contributed by atoms with Crippen LogP contribution in [0, 0.1) is 0 Å². The summed E-state index contributed by atoms with van der Waals surface area (Å²) in [5.41, 5.74) is 3.19. The van der Waals surface area contributed by atoms with E-state index in [1.807, 2.05) is 36.4 Å². The van der Waals surface area contributed by atoms with E-state index in [-0.39, 0.29) is 5.78 Å². The predicted octanol–water partition coefficient (Wildman–Crippen LogP) is 4.21. The molecule has 3 heteroatoms. The Bertz CT molecular complexity index is 813. The first-order chi connectivity index (χ1) is 10.3. The van der Waals surface area contributed by atoms with Gasteiger partial charge in [0.2, 0.25) is 0 Å². The van der Waals surface area contributed by atoms with Crippen LogP contribution in [0.3, 0.4) is 0 Å². The fourth-order valence-electron chi connectivity index (χ4n) is 2.92. The number of para-hydroxylation sites is 1. The van der Waals surface area contributed by atoms with E-state index in [1.54, 1.807) is 11.3 Å². The van der Waals surface area contributed by atoms with Gasteiger partial charge in [0.15, 0.2) is 5.78 Å². The molecule has 0 bridgehead atoms. The van der Waals surface area contributed by atoms with E-state index in [4.69, 9.17) is 0 Å². The molecule has 4 rings (SSSR count). The van der Waals surface area contributed by atoms with Gasteiger partial charge in [0.05, 0.1) is 16.8 Å². The number of rotatable bonds is 3. The molecule has 2 heterocycles. The smallest absolute Gasteiger partial charge is 0.178 e. The number of hydrogen-bond donors (Lipinski definition) is 0. The molecule has 21 heavy (non-hydrogen) atoms. The van der Waals surface area contributed by atoms with E-state index in [0.29, 0.717) is 6.42 Å². The van der Waals surface area contributed by atoms with Crippen LogP contribution in [0.25, 0.3) is 10.9 Å². The summed E-state index contributed by atoms with van der Waals surface area (Å²) in [6.45, 7) is 0. The fourth-order valence-corrected chi connectivity index (χ4v) is 4.12. The Balaban J connectivity index is 1.59. The van der Waals surface area contributed by atoms with E-state index in [1.165, 1.54) is 16.9 Å². The molecular weight excluding hydrogens is 278 g/mol. The molecule has 104 valence electrons. The van der Waals surface area contributed by atoms with Crippen molar-refractivity contribution in [3.8, 4) is 0 Å². The zero-order valence-corrected chi connectivity index (χ0v) is 12.5. The number of ketones is 1. The lowest BCUT2D eigenvalue weighted by atomic mass is 10.1. The summed E-state index contributed by atoms with van der Waals surface area (Å²) in [6.07, 6.45) is 3.90. The number of nitrogens with zero attached hydrogens (tertiary/aromatic N) is 1. The van der Waals surface area contributed by atoms with Gasteiger partial charge in [-0.05, 0) is 43.0 Å². The van der Waals surface area contributed by atoms with Crippen molar-refractivity contribution in [3.63, 3.8) is 0 Å². The summed E-state index contributed by atoms with van der Waals surface area (Å²) in [7, 11) is 0. The zero-order valence-electron chi connectivity index (χ0n) is 11.6. The topological polar surface area (TPSA) is 30.0 Å². The lowest BCUT2D eigenvalue weighted by molar-refractivity contribution is 0.0996. The summed E-state index contributed by atoms with van der Waals surface area (Å²) < 4.78 is 0. The highest BCUT2D eigenvalue weighted by Crippen LogP contribution is 2.31. The van der Waals surface area contributed by atoms with Crippen molar-refractivity contribution >= 4 is 28.0 Å². The summed E-state index contributed by atoms with van der Waals surface area (Å²) in [6, 6.07) is 14.1. The second-order valence-corrected chi connectivity index (χ2v) is 6.64. The minimum atomic E-state index is 0.192. The summed E-state index contributed by atoms with van der Waals surface area (Å²) in [5.74, 6) is 0.192. The van der Waals surface area contributed by atoms with E-state index in [9.17, 15) is 4.79 Å². The number of fused-ring (bicyclic) bond motifs is 2. The van der Waals surface area contributed by atoms with Gasteiger partial charge in [-0.15, -0.1) is 11.3 Å². The molecule has 2 aromatic heterocycles. The molecule has 1 aromatic carbocycles. The van der Waals surface area contributed by atoms with Crippen LogP contribution in [0.1, 0.15) is 32.2 Å². The van der Waals surface area contributed by atoms with Crippen molar-refractivity contribution in [2.45, 2.75) is 25.7 Å². The molecule has 1 aliphatic carbocycles. The molecule has 0 unspecified atom stereocenters. The average molecular weight is 293 g/mol. The zero-order chi connectivity index (χ0) is 14.2. The minimum absolute atomic E-state index is 0.192. The van der Waals surface area contributed by atoms with Crippen LogP contribution in [0.15, 0.2) is 42.5 Å². The van der Waals surface area contributed by atoms with E-state index in [0.717, 1.165) is 34.3 Å². The molecule has 0 amide bonds. The standard InChI is InChI=1S/C18H15NOS/c20-16(18-10-13-5-3-7-17(13)21-18)11-14-9-8-12-4-1-2-6-15(12)19-14/h1-2,4,6,8-10H,3,5,7,11H2. The van der Waals surface area contributed by atoms with Crippen molar-refractivity contribution in [2.24, 2.45) is 0 Å². The van der Waals surface area contributed by atoms with Crippen LogP contribution in [0.4, 0.5) is 0 Å². The quantitative estimate of drug-likeness (QED) is 0.677. The number of thiophene rings is 1. The van der Waals surface area contributed by atoms with Crippen molar-refractivity contribution in [3.05, 3.63) is 63.5 Å². The van der Waals surface area contributed by atoms with Crippen LogP contribution >= 0.6 is 11.3 Å². The largest absolute Gasteiger partial charge is 0.293 e. The lowest BCUT2D eigenvalue weighted by Crippen LogP contribution is -2.03. The van der Waals surface area contributed by atoms with Gasteiger partial charge in [0.25, 0.3) is 0 Å². The van der Waals surface area contributed by atoms with Gasteiger partial charge in [0.1, 0.15) is 0 Å². The highest BCUT2D eigenvalue weighted by Gasteiger charge is 2.18. The third kappa shape index (κ3) is 2.38. The fraction of sp³-hybridized carbons (Fsp3) is 0.222. The monoisotopic (exact) mass is 293 g/mol. The Morgan fingerprint density at radius 1 is 1.14 bits per heavy atom. The lowest BCUT2D eigenvalue weighted by Gasteiger charge is -2.02. The van der Waals surface area contributed by atoms with Crippen LogP contribution in [-0.2, 0) is 19.3 Å². The molecule has 0 aliphatic heterocycles. The molecule has 3 aromatic rings. The first kappa shape index (κ1) is 12.7. The summed E-state index contributed by atoms with van der Waals surface area (Å²) in [5, 5.41) is 1.11. The van der Waals surface area contributed by atoms with Crippen LogP contribution < -0.4 is 0 Å². The summed E-state index contributed by atoms with van der Waals surface area (Å²) >= 11 is 1.68. The number of carbonyl (C=O) groups excluding carboxylic acids is 1. The van der Waals surface area contributed by atoms with Crippen LogP contribution in [-0.4, -0.2) is 10.8 Å². The minimum Gasteiger partial charge on any atom is -0.293 e. The first-order valence-electron chi connectivity index (χ1n) is 7.29. The van der Waals surface area contributed by atoms with E-state index < -0.39 is 0 Å². The molecule has 0 saturated heterocycles. The van der Waals surface area contributed by atoms with E-state index >= 15 is 0 Å². The second-order valence-electron chi connectivity index (χ2n) is 5.51. The number of benzene rings is 1. The van der Waals surface area contributed by atoms with Gasteiger partial charge in [-0.1, -0.05) is 24.3 Å². The third-order valence-corrected chi connectivity index (χ3v) is 5.30. The van der Waals surface area contributed by atoms with Gasteiger partial charge >= 0.3 is 0 Å². The van der Waals surface area contributed by atoms with Crippen molar-refractivity contribution < 1.29 is 4.79 Å². The highest BCUT2D eigenvalue weighted by molar-refractivity contribution is 7.14. The normalized spacial score (nSPS) is 13.5. The molecular formula is C18H15NOS. The molecule has 0 N–H and O–H groups in total. The van der Waals surface area contributed by atoms with Crippen LogP contribution in [0.5, 0.6) is 0 Å². The number of Topliss-reactive ketones (excluding diaryl/α,β-unsaturated/α-hetero) is 1. The SMILES string of the molecule is O=C(Cc1ccc2ccccc2n1)c1cc2c(s1)CCC2. The van der Waals surface area contributed by atoms with Crippen molar-refractivity contribution in [1.82, 2.24) is 4.98 Å².